The number of anilines is 1. The zero-order valence-electron chi connectivity index (χ0n) is 12.6. The Morgan fingerprint density at radius 3 is 2.10 bits per heavy atom. The molecule has 0 fully saturated rings. The minimum Gasteiger partial charge on any atom is -0.357 e. The van der Waals surface area contributed by atoms with Crippen molar-refractivity contribution in [1.29, 1.82) is 0 Å². The Morgan fingerprint density at radius 1 is 1.25 bits per heavy atom. The maximum Gasteiger partial charge on any atom is 0.243 e. The Kier molecular flexibility index (Phi) is 5.16. The van der Waals surface area contributed by atoms with Crippen LogP contribution in [0.3, 0.4) is 0 Å². The Hall–Kier alpha value is -1.56. The molecule has 1 N–H and O–H groups in total. The first-order chi connectivity index (χ1) is 9.20. The topological polar surface area (TPSA) is 66.5 Å². The zero-order chi connectivity index (χ0) is 15.5. The van der Waals surface area contributed by atoms with Crippen LogP contribution in [0.2, 0.25) is 0 Å². The molecule has 20 heavy (non-hydrogen) atoms. The van der Waals surface area contributed by atoms with Crippen molar-refractivity contribution in [3.63, 3.8) is 0 Å². The second-order valence-corrected chi connectivity index (χ2v) is 6.80. The number of nitrogens with one attached hydrogen (secondary N) is 1. The summed E-state index contributed by atoms with van der Waals surface area (Å²) in [6.07, 6.45) is 1.52. The van der Waals surface area contributed by atoms with E-state index in [-0.39, 0.29) is 5.91 Å². The van der Waals surface area contributed by atoms with E-state index in [1.807, 2.05) is 19.9 Å². The molecule has 0 heterocycles. The highest BCUT2D eigenvalue weighted by Gasteiger charge is 2.30. The quantitative estimate of drug-likeness (QED) is 0.898. The molecule has 5 nitrogen and oxygen atoms in total. The summed E-state index contributed by atoms with van der Waals surface area (Å²) in [5.74, 6) is -0.308. The summed E-state index contributed by atoms with van der Waals surface area (Å²) in [5, 5.41) is 2.52. The highest BCUT2D eigenvalue weighted by molar-refractivity contribution is 7.92. The van der Waals surface area contributed by atoms with Gasteiger partial charge in [0.15, 0.2) is 0 Å². The zero-order valence-corrected chi connectivity index (χ0v) is 13.4. The lowest BCUT2D eigenvalue weighted by atomic mass is 10.1. The third-order valence-electron chi connectivity index (χ3n) is 3.04. The largest absolute Gasteiger partial charge is 0.357 e. The van der Waals surface area contributed by atoms with Crippen LogP contribution in [-0.4, -0.2) is 33.7 Å². The molecule has 6 heteroatoms. The van der Waals surface area contributed by atoms with E-state index in [2.05, 4.69) is 5.32 Å². The van der Waals surface area contributed by atoms with Crippen LogP contribution in [0.5, 0.6) is 0 Å². The van der Waals surface area contributed by atoms with Crippen LogP contribution in [0.15, 0.2) is 18.2 Å². The predicted molar refractivity (Wildman–Crippen MR) is 81.4 cm³/mol. The predicted octanol–water partition coefficient (Wildman–Crippen LogP) is 1.59. The molecule has 1 atom stereocenters. The SMILES string of the molecule is CCC(C(=O)NC)N(c1cc(C)cc(C)c1)S(C)(=O)=O. The molecule has 1 aromatic rings. The van der Waals surface area contributed by atoms with Gasteiger partial charge in [0.25, 0.3) is 0 Å². The monoisotopic (exact) mass is 298 g/mol. The van der Waals surface area contributed by atoms with Gasteiger partial charge >= 0.3 is 0 Å². The average Bonchev–Trinajstić information content (AvgIpc) is 2.31. The smallest absolute Gasteiger partial charge is 0.243 e. The van der Waals surface area contributed by atoms with Crippen LogP contribution in [-0.2, 0) is 14.8 Å². The van der Waals surface area contributed by atoms with Crippen molar-refractivity contribution in [3.05, 3.63) is 29.3 Å². The molecule has 0 aliphatic carbocycles. The van der Waals surface area contributed by atoms with Crippen LogP contribution < -0.4 is 9.62 Å². The van der Waals surface area contributed by atoms with Gasteiger partial charge in [-0.2, -0.15) is 0 Å². The molecule has 0 saturated heterocycles. The Bertz CT molecular complexity index is 576. The molecule has 1 rings (SSSR count). The van der Waals surface area contributed by atoms with Crippen LogP contribution >= 0.6 is 0 Å². The maximum absolute atomic E-state index is 12.1. The number of aryl methyl sites for hydroxylation is 2. The van der Waals surface area contributed by atoms with Crippen LogP contribution in [0.1, 0.15) is 24.5 Å². The summed E-state index contributed by atoms with van der Waals surface area (Å²) in [7, 11) is -2.04. The number of rotatable bonds is 5. The molecule has 112 valence electrons. The molecule has 0 saturated carbocycles. The average molecular weight is 298 g/mol. The first-order valence-electron chi connectivity index (χ1n) is 6.50. The number of sulfonamides is 1. The van der Waals surface area contributed by atoms with Gasteiger partial charge in [-0.3, -0.25) is 9.10 Å². The van der Waals surface area contributed by atoms with Crippen molar-refractivity contribution >= 4 is 21.6 Å². The lowest BCUT2D eigenvalue weighted by molar-refractivity contribution is -0.121. The Labute approximate surface area is 121 Å². The van der Waals surface area contributed by atoms with Crippen molar-refractivity contribution in [3.8, 4) is 0 Å². The molecule has 1 aromatic carbocycles. The molecular formula is C14H22N2O3S. The van der Waals surface area contributed by atoms with Gasteiger partial charge in [0.2, 0.25) is 15.9 Å². The summed E-state index contributed by atoms with van der Waals surface area (Å²) < 4.78 is 25.4. The molecule has 0 aliphatic heterocycles. The molecule has 0 spiro atoms. The number of nitrogens with zero attached hydrogens (tertiary/aromatic N) is 1. The summed E-state index contributed by atoms with van der Waals surface area (Å²) in [4.78, 5) is 12.0. The normalized spacial score (nSPS) is 12.8. The summed E-state index contributed by atoms with van der Waals surface area (Å²) in [6.45, 7) is 5.59. The van der Waals surface area contributed by atoms with Crippen LogP contribution in [0.4, 0.5) is 5.69 Å². The molecule has 0 aromatic heterocycles. The Morgan fingerprint density at radius 2 is 1.75 bits per heavy atom. The molecule has 1 unspecified atom stereocenters. The number of carbonyl (C=O) groups is 1. The van der Waals surface area contributed by atoms with E-state index in [0.717, 1.165) is 17.4 Å². The summed E-state index contributed by atoms with van der Waals surface area (Å²) in [6, 6.07) is 4.78. The summed E-state index contributed by atoms with van der Waals surface area (Å²) in [5.41, 5.74) is 2.45. The van der Waals surface area contributed by atoms with Gasteiger partial charge in [-0.1, -0.05) is 13.0 Å². The third kappa shape index (κ3) is 3.72. The van der Waals surface area contributed by atoms with Crippen LogP contribution in [0.25, 0.3) is 0 Å². The minimum atomic E-state index is -3.55. The van der Waals surface area contributed by atoms with Gasteiger partial charge in [0, 0.05) is 7.05 Å². The van der Waals surface area contributed by atoms with E-state index in [9.17, 15) is 13.2 Å². The highest BCUT2D eigenvalue weighted by atomic mass is 32.2. The number of likely N-dealkylation sites (N-methyl/N-ethyl adjacent to an activating group) is 1. The lowest BCUT2D eigenvalue weighted by Crippen LogP contribution is -2.48. The molecule has 0 radical (unpaired) electrons. The van der Waals surface area contributed by atoms with Crippen LogP contribution in [0, 0.1) is 13.8 Å². The number of carbonyl (C=O) groups excluding carboxylic acids is 1. The first kappa shape index (κ1) is 16.5. The maximum atomic E-state index is 12.1. The van der Waals surface area contributed by atoms with Gasteiger partial charge in [0.1, 0.15) is 6.04 Å². The van der Waals surface area contributed by atoms with Crippen molar-refractivity contribution in [2.45, 2.75) is 33.2 Å². The van der Waals surface area contributed by atoms with Crippen molar-refractivity contribution in [2.24, 2.45) is 0 Å². The van der Waals surface area contributed by atoms with E-state index in [0.29, 0.717) is 12.1 Å². The molecule has 0 aliphatic rings. The van der Waals surface area contributed by atoms with Crippen molar-refractivity contribution in [1.82, 2.24) is 5.32 Å². The van der Waals surface area contributed by atoms with Gasteiger partial charge < -0.3 is 5.32 Å². The lowest BCUT2D eigenvalue weighted by Gasteiger charge is -2.30. The molecular weight excluding hydrogens is 276 g/mol. The molecule has 1 amide bonds. The number of hydrogen-bond acceptors (Lipinski definition) is 3. The van der Waals surface area contributed by atoms with E-state index >= 15 is 0 Å². The highest BCUT2D eigenvalue weighted by Crippen LogP contribution is 2.25. The van der Waals surface area contributed by atoms with E-state index in [1.165, 1.54) is 11.4 Å². The van der Waals surface area contributed by atoms with Gasteiger partial charge in [-0.05, 0) is 43.5 Å². The number of hydrogen-bond donors (Lipinski definition) is 1. The van der Waals surface area contributed by atoms with Crippen molar-refractivity contribution < 1.29 is 13.2 Å². The fourth-order valence-corrected chi connectivity index (χ4v) is 3.50. The Balaban J connectivity index is 3.43. The second kappa shape index (κ2) is 6.26. The van der Waals surface area contributed by atoms with E-state index in [1.54, 1.807) is 19.1 Å². The number of amides is 1. The first-order valence-corrected chi connectivity index (χ1v) is 8.34. The minimum absolute atomic E-state index is 0.308. The van der Waals surface area contributed by atoms with E-state index < -0.39 is 16.1 Å². The van der Waals surface area contributed by atoms with E-state index in [4.69, 9.17) is 0 Å². The van der Waals surface area contributed by atoms with Gasteiger partial charge in [-0.15, -0.1) is 0 Å². The van der Waals surface area contributed by atoms with Gasteiger partial charge in [-0.25, -0.2) is 8.42 Å². The molecule has 0 bridgehead atoms. The fourth-order valence-electron chi connectivity index (χ4n) is 2.30. The summed E-state index contributed by atoms with van der Waals surface area (Å²) >= 11 is 0. The second-order valence-electron chi connectivity index (χ2n) is 4.94. The van der Waals surface area contributed by atoms with Crippen molar-refractivity contribution in [2.75, 3.05) is 17.6 Å². The standard InChI is InChI=1S/C14H22N2O3S/c1-6-13(14(17)15-4)16(20(5,18)19)12-8-10(2)7-11(3)9-12/h7-9,13H,6H2,1-5H3,(H,15,17). The third-order valence-corrected chi connectivity index (χ3v) is 4.22. The fraction of sp³-hybridized carbons (Fsp3) is 0.500. The van der Waals surface area contributed by atoms with Gasteiger partial charge in [0.05, 0.1) is 11.9 Å². The number of benzene rings is 1.